The Morgan fingerprint density at radius 3 is 2.05 bits per heavy atom. The van der Waals surface area contributed by atoms with Crippen LogP contribution in [-0.2, 0) is 0 Å². The van der Waals surface area contributed by atoms with E-state index in [4.69, 9.17) is 10.9 Å². The average molecular weight is 273 g/mol. The van der Waals surface area contributed by atoms with Gasteiger partial charge in [0.15, 0.2) is 0 Å². The summed E-state index contributed by atoms with van der Waals surface area (Å²) in [5, 5.41) is 25.1. The van der Waals surface area contributed by atoms with Gasteiger partial charge in [-0.2, -0.15) is 0 Å². The molecule has 0 radical (unpaired) electrons. The molecule has 0 fully saturated rings. The summed E-state index contributed by atoms with van der Waals surface area (Å²) < 4.78 is 0. The summed E-state index contributed by atoms with van der Waals surface area (Å²) in [4.78, 5) is 0. The topological polar surface area (TPSA) is 90.9 Å². The summed E-state index contributed by atoms with van der Waals surface area (Å²) in [6, 6.07) is 0. The van der Waals surface area contributed by atoms with Crippen LogP contribution in [0, 0.1) is 5.41 Å². The quantitative estimate of drug-likeness (QED) is 0.179. The first-order valence-electron chi connectivity index (χ1n) is 6.89. The minimum absolute atomic E-state index is 0.275. The van der Waals surface area contributed by atoms with E-state index in [1.165, 1.54) is 0 Å². The number of nitrogens with two attached hydrogens (primary N) is 1. The van der Waals surface area contributed by atoms with Crippen LogP contribution in [0.15, 0.2) is 5.16 Å². The Hall–Kier alpha value is -0.810. The lowest BCUT2D eigenvalue weighted by atomic mass is 9.85. The molecule has 5 N–H and O–H groups in total. The molecule has 0 aromatic rings. The van der Waals surface area contributed by atoms with Crippen LogP contribution in [0.5, 0.6) is 0 Å². The Morgan fingerprint density at radius 2 is 1.63 bits per heavy atom. The van der Waals surface area contributed by atoms with Crippen molar-refractivity contribution in [3.63, 3.8) is 0 Å². The van der Waals surface area contributed by atoms with Crippen molar-refractivity contribution in [1.82, 2.24) is 5.32 Å². The normalized spacial score (nSPS) is 14.8. The molecule has 0 heterocycles. The van der Waals surface area contributed by atoms with Crippen LogP contribution in [0.2, 0.25) is 0 Å². The molecule has 0 spiro atoms. The molecule has 0 atom stereocenters. The summed E-state index contributed by atoms with van der Waals surface area (Å²) in [5.41, 5.74) is 4.28. The predicted molar refractivity (Wildman–Crippen MR) is 79.4 cm³/mol. The Kier molecular flexibility index (Phi) is 6.29. The molecule has 0 unspecified atom stereocenters. The molecule has 5 heteroatoms. The molecular weight excluding hydrogens is 242 g/mol. The lowest BCUT2D eigenvalue weighted by molar-refractivity contribution is -0.00446. The first kappa shape index (κ1) is 18.2. The molecule has 114 valence electrons. The van der Waals surface area contributed by atoms with E-state index in [9.17, 15) is 5.11 Å². The van der Waals surface area contributed by atoms with Gasteiger partial charge in [0.05, 0.1) is 5.60 Å². The lowest BCUT2D eigenvalue weighted by Gasteiger charge is -2.38. The summed E-state index contributed by atoms with van der Waals surface area (Å²) in [7, 11) is 0. The molecule has 0 aromatic heterocycles. The summed E-state index contributed by atoms with van der Waals surface area (Å²) in [6.45, 7) is 12.4. The Balaban J connectivity index is 4.02. The molecule has 0 rings (SSSR count). The van der Waals surface area contributed by atoms with E-state index in [-0.39, 0.29) is 16.8 Å². The zero-order valence-electron chi connectivity index (χ0n) is 13.2. The van der Waals surface area contributed by atoms with Crippen LogP contribution in [-0.4, -0.2) is 33.8 Å². The van der Waals surface area contributed by atoms with Crippen molar-refractivity contribution in [2.75, 3.05) is 6.54 Å². The summed E-state index contributed by atoms with van der Waals surface area (Å²) in [5.74, 6) is 0.275. The number of amidine groups is 1. The predicted octanol–water partition coefficient (Wildman–Crippen LogP) is 2.07. The van der Waals surface area contributed by atoms with Gasteiger partial charge in [-0.25, -0.2) is 0 Å². The van der Waals surface area contributed by atoms with Gasteiger partial charge in [0, 0.05) is 11.0 Å². The Morgan fingerprint density at radius 1 is 1.11 bits per heavy atom. The highest BCUT2D eigenvalue weighted by Crippen LogP contribution is 2.24. The fourth-order valence-corrected chi connectivity index (χ4v) is 1.57. The van der Waals surface area contributed by atoms with E-state index in [1.807, 2.05) is 41.5 Å². The zero-order valence-corrected chi connectivity index (χ0v) is 13.2. The molecule has 0 aliphatic heterocycles. The fourth-order valence-electron chi connectivity index (χ4n) is 1.57. The standard InChI is InChI=1S/C14H31N3O2/c1-12(2,11(15)17-19)9-7-8-10-16-13(3,4)14(5,6)18/h16,18-19H,7-10H2,1-6H3,(H2,15,17). The van der Waals surface area contributed by atoms with E-state index in [2.05, 4.69) is 10.5 Å². The maximum atomic E-state index is 10.0. The van der Waals surface area contributed by atoms with Crippen LogP contribution >= 0.6 is 0 Å². The van der Waals surface area contributed by atoms with Gasteiger partial charge in [-0.05, 0) is 47.1 Å². The van der Waals surface area contributed by atoms with E-state index in [0.717, 1.165) is 25.8 Å². The highest BCUT2D eigenvalue weighted by atomic mass is 16.4. The molecule has 0 aliphatic rings. The zero-order chi connectivity index (χ0) is 15.3. The van der Waals surface area contributed by atoms with E-state index in [1.54, 1.807) is 0 Å². The molecule has 0 amide bonds. The number of hydrogen-bond donors (Lipinski definition) is 4. The first-order chi connectivity index (χ1) is 8.44. The minimum Gasteiger partial charge on any atom is -0.409 e. The average Bonchev–Trinajstić information content (AvgIpc) is 2.25. The van der Waals surface area contributed by atoms with Crippen LogP contribution in [0.4, 0.5) is 0 Å². The second-order valence-corrected chi connectivity index (χ2v) is 6.94. The molecule has 0 bridgehead atoms. The molecule has 0 saturated heterocycles. The SMILES string of the molecule is CC(C)(CCCCNC(C)(C)C(C)(C)O)C(N)=NO. The van der Waals surface area contributed by atoms with Crippen molar-refractivity contribution in [1.29, 1.82) is 0 Å². The first-order valence-corrected chi connectivity index (χ1v) is 6.89. The number of rotatable bonds is 8. The number of nitrogens with one attached hydrogen (secondary N) is 1. The van der Waals surface area contributed by atoms with Crippen molar-refractivity contribution in [2.24, 2.45) is 16.3 Å². The number of nitrogens with zero attached hydrogens (tertiary/aromatic N) is 1. The van der Waals surface area contributed by atoms with Gasteiger partial charge in [-0.1, -0.05) is 25.4 Å². The highest BCUT2D eigenvalue weighted by molar-refractivity contribution is 5.85. The molecule has 5 nitrogen and oxygen atoms in total. The summed E-state index contributed by atoms with van der Waals surface area (Å²) >= 11 is 0. The second kappa shape index (κ2) is 6.57. The molecule has 0 aliphatic carbocycles. The van der Waals surface area contributed by atoms with Gasteiger partial charge >= 0.3 is 0 Å². The van der Waals surface area contributed by atoms with Gasteiger partial charge in [-0.15, -0.1) is 0 Å². The largest absolute Gasteiger partial charge is 0.409 e. The number of oxime groups is 1. The van der Waals surface area contributed by atoms with Gasteiger partial charge in [0.25, 0.3) is 0 Å². The van der Waals surface area contributed by atoms with Crippen molar-refractivity contribution in [3.05, 3.63) is 0 Å². The van der Waals surface area contributed by atoms with Crippen molar-refractivity contribution >= 4 is 5.84 Å². The molecule has 0 saturated carbocycles. The van der Waals surface area contributed by atoms with Gasteiger partial charge in [0.1, 0.15) is 5.84 Å². The third-order valence-electron chi connectivity index (χ3n) is 4.13. The third-order valence-corrected chi connectivity index (χ3v) is 4.13. The van der Waals surface area contributed by atoms with Crippen molar-refractivity contribution < 1.29 is 10.3 Å². The maximum Gasteiger partial charge on any atom is 0.144 e. The minimum atomic E-state index is -0.764. The highest BCUT2D eigenvalue weighted by Gasteiger charge is 2.34. The van der Waals surface area contributed by atoms with Gasteiger partial charge < -0.3 is 21.4 Å². The monoisotopic (exact) mass is 273 g/mol. The van der Waals surface area contributed by atoms with Crippen LogP contribution in [0.3, 0.4) is 0 Å². The molecular formula is C14H31N3O2. The van der Waals surface area contributed by atoms with Gasteiger partial charge in [-0.3, -0.25) is 0 Å². The molecule has 0 aromatic carbocycles. The smallest absolute Gasteiger partial charge is 0.144 e. The maximum absolute atomic E-state index is 10.0. The lowest BCUT2D eigenvalue weighted by Crippen LogP contribution is -2.56. The number of hydrogen-bond acceptors (Lipinski definition) is 4. The second-order valence-electron chi connectivity index (χ2n) is 6.94. The fraction of sp³-hybridized carbons (Fsp3) is 0.929. The van der Waals surface area contributed by atoms with Crippen LogP contribution in [0.1, 0.15) is 60.8 Å². The Bertz CT molecular complexity index is 304. The van der Waals surface area contributed by atoms with Crippen molar-refractivity contribution in [3.8, 4) is 0 Å². The van der Waals surface area contributed by atoms with Crippen LogP contribution < -0.4 is 11.1 Å². The number of unbranched alkanes of at least 4 members (excludes halogenated alkanes) is 1. The summed E-state index contributed by atoms with van der Waals surface area (Å²) in [6.07, 6.45) is 2.84. The van der Waals surface area contributed by atoms with Crippen molar-refractivity contribution in [2.45, 2.75) is 71.9 Å². The third kappa shape index (κ3) is 5.78. The number of aliphatic hydroxyl groups is 1. The Labute approximate surface area is 117 Å². The molecule has 19 heavy (non-hydrogen) atoms. The van der Waals surface area contributed by atoms with E-state index < -0.39 is 5.60 Å². The van der Waals surface area contributed by atoms with Gasteiger partial charge in [0.2, 0.25) is 0 Å². The van der Waals surface area contributed by atoms with E-state index >= 15 is 0 Å². The van der Waals surface area contributed by atoms with Crippen LogP contribution in [0.25, 0.3) is 0 Å². The van der Waals surface area contributed by atoms with E-state index in [0.29, 0.717) is 0 Å².